The van der Waals surface area contributed by atoms with Crippen molar-refractivity contribution in [2.75, 3.05) is 19.1 Å². The largest absolute Gasteiger partial charge is 0.495 e. The van der Waals surface area contributed by atoms with Crippen molar-refractivity contribution < 1.29 is 18.4 Å². The number of rotatable bonds is 5. The number of halogens is 1. The zero-order valence-corrected chi connectivity index (χ0v) is 16.9. The highest BCUT2D eigenvalue weighted by atomic mass is 19.1. The number of hydrogen-bond acceptors (Lipinski definition) is 4. The summed E-state index contributed by atoms with van der Waals surface area (Å²) >= 11 is 0. The fourth-order valence-electron chi connectivity index (χ4n) is 3.19. The van der Waals surface area contributed by atoms with Gasteiger partial charge in [-0.2, -0.15) is 0 Å². The number of methoxy groups -OCH3 is 1. The third-order valence-corrected chi connectivity index (χ3v) is 5.42. The van der Waals surface area contributed by atoms with Crippen molar-refractivity contribution in [3.05, 3.63) is 53.8 Å². The van der Waals surface area contributed by atoms with Gasteiger partial charge >= 0.3 is 7.12 Å². The summed E-state index contributed by atoms with van der Waals surface area (Å²) < 4.78 is 31.9. The standard InChI is InChI=1S/C21H27BFNO3/c1-20(2)21(3,4)27-22(26-20)16-11-15(12-17(23)13-16)14-24(5)18-9-7-8-10-19(18)25-6/h7-13H,14H2,1-6H3. The molecule has 1 fully saturated rings. The number of benzene rings is 2. The van der Waals surface area contributed by atoms with Crippen LogP contribution in [0.4, 0.5) is 10.1 Å². The molecule has 0 amide bonds. The van der Waals surface area contributed by atoms with E-state index in [1.54, 1.807) is 13.2 Å². The Bertz CT molecular complexity index is 809. The lowest BCUT2D eigenvalue weighted by atomic mass is 9.78. The topological polar surface area (TPSA) is 30.9 Å². The maximum absolute atomic E-state index is 14.3. The summed E-state index contributed by atoms with van der Waals surface area (Å²) in [4.78, 5) is 2.03. The van der Waals surface area contributed by atoms with E-state index in [2.05, 4.69) is 0 Å². The monoisotopic (exact) mass is 371 g/mol. The molecule has 144 valence electrons. The summed E-state index contributed by atoms with van der Waals surface area (Å²) in [7, 11) is 3.02. The first-order chi connectivity index (χ1) is 12.6. The van der Waals surface area contributed by atoms with E-state index in [0.717, 1.165) is 17.0 Å². The first kappa shape index (κ1) is 19.7. The molecule has 27 heavy (non-hydrogen) atoms. The van der Waals surface area contributed by atoms with E-state index in [4.69, 9.17) is 14.0 Å². The van der Waals surface area contributed by atoms with Gasteiger partial charge in [0.05, 0.1) is 24.0 Å². The van der Waals surface area contributed by atoms with Gasteiger partial charge in [-0.05, 0) is 63.0 Å². The van der Waals surface area contributed by atoms with Gasteiger partial charge in [0.25, 0.3) is 0 Å². The molecule has 0 unspecified atom stereocenters. The van der Waals surface area contributed by atoms with Crippen LogP contribution in [0.25, 0.3) is 0 Å². The van der Waals surface area contributed by atoms with Crippen molar-refractivity contribution in [1.29, 1.82) is 0 Å². The van der Waals surface area contributed by atoms with Gasteiger partial charge in [-0.3, -0.25) is 0 Å². The van der Waals surface area contributed by atoms with Crippen molar-refractivity contribution in [3.63, 3.8) is 0 Å². The third-order valence-electron chi connectivity index (χ3n) is 5.42. The van der Waals surface area contributed by atoms with Crippen molar-refractivity contribution in [2.45, 2.75) is 45.4 Å². The molecule has 0 spiro atoms. The highest BCUT2D eigenvalue weighted by Crippen LogP contribution is 2.36. The quantitative estimate of drug-likeness (QED) is 0.749. The second kappa shape index (κ2) is 7.17. The number of nitrogens with zero attached hydrogens (tertiary/aromatic N) is 1. The zero-order valence-electron chi connectivity index (χ0n) is 16.9. The minimum absolute atomic E-state index is 0.300. The summed E-state index contributed by atoms with van der Waals surface area (Å²) in [6.07, 6.45) is 0. The van der Waals surface area contributed by atoms with Crippen LogP contribution in [0, 0.1) is 5.82 Å². The van der Waals surface area contributed by atoms with Gasteiger partial charge in [-0.1, -0.05) is 18.2 Å². The van der Waals surface area contributed by atoms with Crippen LogP contribution in [0.1, 0.15) is 33.3 Å². The molecule has 1 saturated heterocycles. The van der Waals surface area contributed by atoms with E-state index in [1.807, 2.05) is 70.0 Å². The smallest absolute Gasteiger partial charge is 0.494 e. The van der Waals surface area contributed by atoms with Crippen molar-refractivity contribution >= 4 is 18.3 Å². The van der Waals surface area contributed by atoms with E-state index in [0.29, 0.717) is 12.0 Å². The van der Waals surface area contributed by atoms with Crippen LogP contribution >= 0.6 is 0 Å². The Kier molecular flexibility index (Phi) is 5.23. The first-order valence-corrected chi connectivity index (χ1v) is 9.12. The number of anilines is 1. The van der Waals surface area contributed by atoms with Gasteiger partial charge in [-0.15, -0.1) is 0 Å². The molecule has 2 aromatic carbocycles. The van der Waals surface area contributed by atoms with Crippen molar-refractivity contribution in [3.8, 4) is 5.75 Å². The maximum atomic E-state index is 14.3. The Morgan fingerprint density at radius 2 is 1.67 bits per heavy atom. The molecule has 1 aliphatic heterocycles. The van der Waals surface area contributed by atoms with Crippen LogP contribution in [-0.2, 0) is 15.9 Å². The summed E-state index contributed by atoms with van der Waals surface area (Å²) in [6.45, 7) is 8.49. The molecule has 4 nitrogen and oxygen atoms in total. The van der Waals surface area contributed by atoms with Gasteiger partial charge in [0.1, 0.15) is 11.6 Å². The Labute approximate surface area is 161 Å². The molecule has 3 rings (SSSR count). The van der Waals surface area contributed by atoms with Gasteiger partial charge in [0.2, 0.25) is 0 Å². The fourth-order valence-corrected chi connectivity index (χ4v) is 3.19. The molecular weight excluding hydrogens is 344 g/mol. The number of ether oxygens (including phenoxy) is 1. The second-order valence-corrected chi connectivity index (χ2v) is 8.01. The Morgan fingerprint density at radius 3 is 2.30 bits per heavy atom. The van der Waals surface area contributed by atoms with Crippen LogP contribution in [0.2, 0.25) is 0 Å². The van der Waals surface area contributed by atoms with Gasteiger partial charge in [-0.25, -0.2) is 4.39 Å². The summed E-state index contributed by atoms with van der Waals surface area (Å²) in [6, 6.07) is 12.7. The molecule has 0 bridgehead atoms. The van der Waals surface area contributed by atoms with E-state index in [9.17, 15) is 4.39 Å². The summed E-state index contributed by atoms with van der Waals surface area (Å²) in [5.74, 6) is 0.480. The van der Waals surface area contributed by atoms with E-state index < -0.39 is 18.3 Å². The van der Waals surface area contributed by atoms with Crippen LogP contribution in [0.5, 0.6) is 5.75 Å². The first-order valence-electron chi connectivity index (χ1n) is 9.12. The molecule has 0 saturated carbocycles. The molecule has 1 aliphatic rings. The van der Waals surface area contributed by atoms with Crippen molar-refractivity contribution in [1.82, 2.24) is 0 Å². The van der Waals surface area contributed by atoms with E-state index in [-0.39, 0.29) is 5.82 Å². The molecule has 1 heterocycles. The lowest BCUT2D eigenvalue weighted by molar-refractivity contribution is 0.00578. The fraction of sp³-hybridized carbons (Fsp3) is 0.429. The molecule has 0 radical (unpaired) electrons. The third kappa shape index (κ3) is 3.97. The summed E-state index contributed by atoms with van der Waals surface area (Å²) in [5.41, 5.74) is 1.56. The van der Waals surface area contributed by atoms with E-state index in [1.165, 1.54) is 6.07 Å². The van der Waals surface area contributed by atoms with Crippen LogP contribution in [0.3, 0.4) is 0 Å². The second-order valence-electron chi connectivity index (χ2n) is 8.01. The lowest BCUT2D eigenvalue weighted by Gasteiger charge is -2.32. The van der Waals surface area contributed by atoms with E-state index >= 15 is 0 Å². The van der Waals surface area contributed by atoms with Crippen LogP contribution in [-0.4, -0.2) is 32.5 Å². The number of hydrogen-bond donors (Lipinski definition) is 0. The molecule has 0 N–H and O–H groups in total. The molecule has 0 atom stereocenters. The molecule has 6 heteroatoms. The zero-order chi connectivity index (χ0) is 19.8. The molecular formula is C21H27BFNO3. The predicted octanol–water partition coefficient (Wildman–Crippen LogP) is 3.77. The lowest BCUT2D eigenvalue weighted by Crippen LogP contribution is -2.41. The molecule has 2 aromatic rings. The number of para-hydroxylation sites is 2. The Morgan fingerprint density at radius 1 is 1.04 bits per heavy atom. The van der Waals surface area contributed by atoms with Crippen LogP contribution in [0.15, 0.2) is 42.5 Å². The Balaban J connectivity index is 1.84. The predicted molar refractivity (Wildman–Crippen MR) is 107 cm³/mol. The summed E-state index contributed by atoms with van der Waals surface area (Å²) in [5, 5.41) is 0. The van der Waals surface area contributed by atoms with Gasteiger partial charge in [0.15, 0.2) is 0 Å². The molecule has 0 aliphatic carbocycles. The Hall–Kier alpha value is -2.05. The van der Waals surface area contributed by atoms with Crippen LogP contribution < -0.4 is 15.1 Å². The highest BCUT2D eigenvalue weighted by Gasteiger charge is 2.51. The minimum atomic E-state index is -0.582. The highest BCUT2D eigenvalue weighted by molar-refractivity contribution is 6.62. The average Bonchev–Trinajstić information content (AvgIpc) is 2.82. The average molecular weight is 371 g/mol. The minimum Gasteiger partial charge on any atom is -0.495 e. The normalized spacial score (nSPS) is 17.8. The SMILES string of the molecule is COc1ccccc1N(C)Cc1cc(F)cc(B2OC(C)(C)C(C)(C)O2)c1. The van der Waals surface area contributed by atoms with Crippen molar-refractivity contribution in [2.24, 2.45) is 0 Å². The van der Waals surface area contributed by atoms with Gasteiger partial charge < -0.3 is 18.9 Å². The maximum Gasteiger partial charge on any atom is 0.494 e. The molecule has 0 aromatic heterocycles. The van der Waals surface area contributed by atoms with Gasteiger partial charge in [0, 0.05) is 13.6 Å².